The highest BCUT2D eigenvalue weighted by Gasteiger charge is 2.48. The monoisotopic (exact) mass is 676 g/mol. The molecule has 4 heterocycles. The number of carbonyl (C=O) groups is 2. The van der Waals surface area contributed by atoms with Crippen molar-refractivity contribution in [3.05, 3.63) is 106 Å². The summed E-state index contributed by atoms with van der Waals surface area (Å²) in [7, 11) is 1.91. The van der Waals surface area contributed by atoms with Crippen molar-refractivity contribution in [1.29, 1.82) is 0 Å². The fraction of sp³-hybridized carbons (Fsp3) is 0.273. The van der Waals surface area contributed by atoms with Crippen molar-refractivity contribution in [3.8, 4) is 0 Å². The van der Waals surface area contributed by atoms with Crippen molar-refractivity contribution < 1.29 is 22.8 Å². The Bertz CT molecular complexity index is 1950. The second-order valence-corrected chi connectivity index (χ2v) is 12.6. The second-order valence-electron chi connectivity index (χ2n) is 11.7. The number of likely N-dealkylation sites (tertiary alicyclic amines) is 1. The van der Waals surface area contributed by atoms with Crippen LogP contribution in [0, 0.1) is 5.92 Å². The molecular weight excluding hydrogens is 649 g/mol. The lowest BCUT2D eigenvalue weighted by molar-refractivity contribution is -0.138. The number of piperidine rings is 1. The zero-order valence-corrected chi connectivity index (χ0v) is 26.0. The van der Waals surface area contributed by atoms with Gasteiger partial charge in [-0.15, -0.1) is 0 Å². The number of hydrogen-bond donors (Lipinski definition) is 0. The molecule has 0 radical (unpaired) electrons. The lowest BCUT2D eigenvalue weighted by Gasteiger charge is -2.47. The van der Waals surface area contributed by atoms with Gasteiger partial charge in [0.15, 0.2) is 0 Å². The SMILES string of the molecule is C[C@H]1CC2C(=O)N(c3ccc4c(c3)ncn4C)c3c(Cc4ccccc4)cnn3C2CN1C(=O)c1ccc(Br)c(C(F)(F)F)c1. The lowest BCUT2D eigenvalue weighted by atomic mass is 9.84. The van der Waals surface area contributed by atoms with Crippen molar-refractivity contribution >= 4 is 50.3 Å². The Balaban J connectivity index is 1.30. The number of fused-ring (bicyclic) bond motifs is 4. The van der Waals surface area contributed by atoms with Crippen LogP contribution in [-0.2, 0) is 24.4 Å². The summed E-state index contributed by atoms with van der Waals surface area (Å²) >= 11 is 2.95. The van der Waals surface area contributed by atoms with E-state index in [1.165, 1.54) is 12.1 Å². The highest BCUT2D eigenvalue weighted by Crippen LogP contribution is 2.45. The van der Waals surface area contributed by atoms with Crippen LogP contribution in [0.25, 0.3) is 11.0 Å². The summed E-state index contributed by atoms with van der Waals surface area (Å²) in [6.45, 7) is 1.95. The van der Waals surface area contributed by atoms with Crippen LogP contribution in [0.4, 0.5) is 24.7 Å². The van der Waals surface area contributed by atoms with Crippen molar-refractivity contribution in [1.82, 2.24) is 24.2 Å². The van der Waals surface area contributed by atoms with Gasteiger partial charge in [0, 0.05) is 41.7 Å². The summed E-state index contributed by atoms with van der Waals surface area (Å²) in [5.74, 6) is -0.520. The van der Waals surface area contributed by atoms with E-state index in [-0.39, 0.29) is 22.5 Å². The van der Waals surface area contributed by atoms with E-state index in [0.29, 0.717) is 24.3 Å². The first-order valence-corrected chi connectivity index (χ1v) is 15.3. The van der Waals surface area contributed by atoms with Crippen LogP contribution < -0.4 is 4.90 Å². The second kappa shape index (κ2) is 10.9. The molecule has 230 valence electrons. The molecule has 0 N–H and O–H groups in total. The van der Waals surface area contributed by atoms with Gasteiger partial charge < -0.3 is 9.47 Å². The summed E-state index contributed by atoms with van der Waals surface area (Å²) in [4.78, 5) is 36.0. The Kier molecular flexibility index (Phi) is 7.07. The van der Waals surface area contributed by atoms with Crippen LogP contribution in [0.5, 0.6) is 0 Å². The smallest absolute Gasteiger partial charge is 0.334 e. The van der Waals surface area contributed by atoms with Gasteiger partial charge in [-0.3, -0.25) is 14.5 Å². The largest absolute Gasteiger partial charge is 0.417 e. The maximum Gasteiger partial charge on any atom is 0.417 e. The minimum Gasteiger partial charge on any atom is -0.334 e. The zero-order chi connectivity index (χ0) is 31.6. The first-order valence-electron chi connectivity index (χ1n) is 14.5. The molecule has 1 saturated heterocycles. The van der Waals surface area contributed by atoms with Crippen LogP contribution in [-0.4, -0.2) is 48.6 Å². The average Bonchev–Trinajstić information content (AvgIpc) is 3.60. The quantitative estimate of drug-likeness (QED) is 0.207. The number of anilines is 2. The summed E-state index contributed by atoms with van der Waals surface area (Å²) in [5.41, 5.74) is 3.27. The van der Waals surface area contributed by atoms with Gasteiger partial charge in [0.25, 0.3) is 5.91 Å². The molecule has 2 aromatic heterocycles. The van der Waals surface area contributed by atoms with E-state index in [1.807, 2.05) is 71.8 Å². The number of aryl methyl sites for hydroxylation is 1. The van der Waals surface area contributed by atoms with E-state index in [1.54, 1.807) is 22.3 Å². The zero-order valence-electron chi connectivity index (χ0n) is 24.4. The molecule has 1 fully saturated rings. The van der Waals surface area contributed by atoms with E-state index in [4.69, 9.17) is 5.10 Å². The standard InChI is InChI=1S/C33H28BrF3N6O2/c1-19-12-24-29(17-41(19)31(44)21-8-10-26(34)25(14-21)33(35,36)37)43-30(22(16-39-43)13-20-6-4-3-5-7-20)42(32(24)45)23-9-11-28-27(15-23)38-18-40(28)2/h3-11,14-16,18-19,24,29H,12-13,17H2,1-2H3/t19-,24?,29?/m0/s1. The third-order valence-corrected chi connectivity index (χ3v) is 9.56. The number of nitrogens with zero attached hydrogens (tertiary/aromatic N) is 6. The summed E-state index contributed by atoms with van der Waals surface area (Å²) in [6, 6.07) is 18.2. The van der Waals surface area contributed by atoms with Crippen molar-refractivity contribution in [2.75, 3.05) is 11.4 Å². The number of alkyl halides is 3. The number of halogens is 4. The Hall–Kier alpha value is -4.45. The molecule has 2 aliphatic rings. The third-order valence-electron chi connectivity index (χ3n) is 8.87. The van der Waals surface area contributed by atoms with Gasteiger partial charge in [0.1, 0.15) is 5.82 Å². The van der Waals surface area contributed by atoms with Gasteiger partial charge in [-0.2, -0.15) is 18.3 Å². The highest BCUT2D eigenvalue weighted by atomic mass is 79.9. The lowest BCUT2D eigenvalue weighted by Crippen LogP contribution is -2.56. The molecule has 0 spiro atoms. The van der Waals surface area contributed by atoms with Gasteiger partial charge >= 0.3 is 6.18 Å². The van der Waals surface area contributed by atoms with Crippen molar-refractivity contribution in [3.63, 3.8) is 0 Å². The third kappa shape index (κ3) is 5.01. The number of rotatable bonds is 4. The van der Waals surface area contributed by atoms with Crippen LogP contribution in [0.15, 0.2) is 83.7 Å². The minimum atomic E-state index is -4.62. The molecule has 2 amide bonds. The molecule has 3 atom stereocenters. The van der Waals surface area contributed by atoms with E-state index in [0.717, 1.165) is 28.2 Å². The normalized spacial score (nSPS) is 20.0. The van der Waals surface area contributed by atoms with Crippen LogP contribution >= 0.6 is 15.9 Å². The van der Waals surface area contributed by atoms with Gasteiger partial charge in [-0.1, -0.05) is 46.3 Å². The first kappa shape index (κ1) is 29.3. The highest BCUT2D eigenvalue weighted by molar-refractivity contribution is 9.10. The molecule has 12 heteroatoms. The van der Waals surface area contributed by atoms with Gasteiger partial charge in [0.05, 0.1) is 46.8 Å². The number of imidazole rings is 1. The number of hydrogen-bond acceptors (Lipinski definition) is 4. The Morgan fingerprint density at radius 3 is 2.60 bits per heavy atom. The molecule has 0 aliphatic carbocycles. The molecule has 8 nitrogen and oxygen atoms in total. The van der Waals surface area contributed by atoms with Crippen molar-refractivity contribution in [2.45, 2.75) is 38.0 Å². The number of aromatic nitrogens is 4. The predicted octanol–water partition coefficient (Wildman–Crippen LogP) is 6.91. The summed E-state index contributed by atoms with van der Waals surface area (Å²) in [5, 5.41) is 4.77. The minimum absolute atomic E-state index is 0.0614. The predicted molar refractivity (Wildman–Crippen MR) is 166 cm³/mol. The molecule has 2 aliphatic heterocycles. The molecule has 45 heavy (non-hydrogen) atoms. The topological polar surface area (TPSA) is 76.3 Å². The summed E-state index contributed by atoms with van der Waals surface area (Å²) < 4.78 is 44.6. The maximum absolute atomic E-state index is 14.5. The molecule has 5 aromatic rings. The Morgan fingerprint density at radius 2 is 1.84 bits per heavy atom. The molecule has 0 bridgehead atoms. The molecular formula is C33H28BrF3N6O2. The Morgan fingerprint density at radius 1 is 1.07 bits per heavy atom. The van der Waals surface area contributed by atoms with E-state index < -0.39 is 35.6 Å². The molecule has 2 unspecified atom stereocenters. The molecule has 0 saturated carbocycles. The maximum atomic E-state index is 14.5. The van der Waals surface area contributed by atoms with E-state index >= 15 is 0 Å². The van der Waals surface area contributed by atoms with Gasteiger partial charge in [0.2, 0.25) is 5.91 Å². The number of carbonyl (C=O) groups excluding carboxylic acids is 2. The fourth-order valence-corrected chi connectivity index (χ4v) is 7.07. The van der Waals surface area contributed by atoms with Crippen molar-refractivity contribution in [2.24, 2.45) is 13.0 Å². The van der Waals surface area contributed by atoms with E-state index in [9.17, 15) is 22.8 Å². The van der Waals surface area contributed by atoms with Gasteiger partial charge in [-0.05, 0) is 55.3 Å². The fourth-order valence-electron chi connectivity index (χ4n) is 6.60. The molecule has 3 aromatic carbocycles. The molecule has 7 rings (SSSR count). The number of benzene rings is 3. The van der Waals surface area contributed by atoms with Gasteiger partial charge in [-0.25, -0.2) is 9.67 Å². The Labute approximate surface area is 265 Å². The van der Waals surface area contributed by atoms with Crippen LogP contribution in [0.2, 0.25) is 0 Å². The first-order chi connectivity index (χ1) is 21.5. The number of amides is 2. The van der Waals surface area contributed by atoms with Crippen LogP contribution in [0.3, 0.4) is 0 Å². The average molecular weight is 678 g/mol. The van der Waals surface area contributed by atoms with E-state index in [2.05, 4.69) is 20.9 Å². The summed E-state index contributed by atoms with van der Waals surface area (Å²) in [6.07, 6.45) is -0.275. The van der Waals surface area contributed by atoms with Crippen LogP contribution in [0.1, 0.15) is 46.4 Å².